The zero-order valence-electron chi connectivity index (χ0n) is 11.2. The van der Waals surface area contributed by atoms with Crippen LogP contribution in [0.4, 0.5) is 4.79 Å². The third-order valence-corrected chi connectivity index (χ3v) is 1.62. The molecule has 0 saturated heterocycles. The molecular formula is C13H22O4. The molecule has 0 saturated carbocycles. The molecule has 0 aliphatic carbocycles. The van der Waals surface area contributed by atoms with Crippen LogP contribution in [0.3, 0.4) is 0 Å². The first-order valence-electron chi connectivity index (χ1n) is 5.73. The quantitative estimate of drug-likeness (QED) is 0.609. The van der Waals surface area contributed by atoms with E-state index in [1.54, 1.807) is 20.8 Å². The van der Waals surface area contributed by atoms with Crippen LogP contribution in [0.15, 0.2) is 0 Å². The van der Waals surface area contributed by atoms with Crippen LogP contribution in [0.25, 0.3) is 0 Å². The molecule has 4 heteroatoms. The third-order valence-electron chi connectivity index (χ3n) is 1.62. The maximum atomic E-state index is 11.1. The molecule has 1 N–H and O–H groups in total. The molecule has 0 heterocycles. The van der Waals surface area contributed by atoms with Gasteiger partial charge in [-0.05, 0) is 33.1 Å². The highest BCUT2D eigenvalue weighted by Crippen LogP contribution is 2.07. The lowest BCUT2D eigenvalue weighted by Crippen LogP contribution is -2.24. The predicted octanol–water partition coefficient (Wildman–Crippen LogP) is 2.35. The molecule has 0 rings (SSSR count). The number of hydrogen-bond acceptors (Lipinski definition) is 4. The topological polar surface area (TPSA) is 55.8 Å². The minimum atomic E-state index is -0.745. The van der Waals surface area contributed by atoms with Crippen molar-refractivity contribution in [2.75, 3.05) is 6.61 Å². The lowest BCUT2D eigenvalue weighted by atomic mass is 10.1. The maximum Gasteiger partial charge on any atom is 0.509 e. The largest absolute Gasteiger partial charge is 0.509 e. The minimum Gasteiger partial charge on any atom is -0.429 e. The number of aliphatic hydroxyl groups excluding tert-OH is 1. The summed E-state index contributed by atoms with van der Waals surface area (Å²) in [5, 5.41) is 9.43. The monoisotopic (exact) mass is 242 g/mol. The van der Waals surface area contributed by atoms with Crippen LogP contribution in [-0.2, 0) is 9.47 Å². The summed E-state index contributed by atoms with van der Waals surface area (Å²) in [5.74, 6) is 5.57. The van der Waals surface area contributed by atoms with Gasteiger partial charge in [-0.2, -0.15) is 0 Å². The minimum absolute atomic E-state index is 0.0654. The van der Waals surface area contributed by atoms with E-state index in [0.29, 0.717) is 12.3 Å². The molecule has 0 aromatic heterocycles. The summed E-state index contributed by atoms with van der Waals surface area (Å²) >= 11 is 0. The van der Waals surface area contributed by atoms with E-state index in [4.69, 9.17) is 9.47 Å². The van der Waals surface area contributed by atoms with Crippen molar-refractivity contribution in [3.63, 3.8) is 0 Å². The Bertz CT molecular complexity index is 291. The molecule has 0 amide bonds. The van der Waals surface area contributed by atoms with Gasteiger partial charge in [0.1, 0.15) is 11.7 Å². The van der Waals surface area contributed by atoms with Gasteiger partial charge in [0.2, 0.25) is 0 Å². The van der Waals surface area contributed by atoms with Crippen LogP contribution in [0.2, 0.25) is 0 Å². The number of carbonyl (C=O) groups is 1. The molecule has 0 aromatic rings. The summed E-state index contributed by atoms with van der Waals surface area (Å²) in [4.78, 5) is 11.1. The van der Waals surface area contributed by atoms with Crippen LogP contribution in [0.5, 0.6) is 0 Å². The Balaban J connectivity index is 3.84. The van der Waals surface area contributed by atoms with Gasteiger partial charge in [0.05, 0.1) is 0 Å². The molecule has 0 aromatic carbocycles. The second-order valence-corrected chi connectivity index (χ2v) is 5.22. The van der Waals surface area contributed by atoms with Crippen molar-refractivity contribution >= 4 is 6.16 Å². The van der Waals surface area contributed by atoms with Crippen molar-refractivity contribution in [2.45, 2.75) is 52.7 Å². The lowest BCUT2D eigenvalue weighted by molar-refractivity contribution is -0.00168. The molecule has 4 nitrogen and oxygen atoms in total. The Kier molecular flexibility index (Phi) is 6.67. The average Bonchev–Trinajstić information content (AvgIpc) is 2.08. The van der Waals surface area contributed by atoms with E-state index >= 15 is 0 Å². The zero-order valence-corrected chi connectivity index (χ0v) is 11.2. The molecule has 1 atom stereocenters. The van der Waals surface area contributed by atoms with Gasteiger partial charge in [-0.25, -0.2) is 4.79 Å². The van der Waals surface area contributed by atoms with Gasteiger partial charge >= 0.3 is 6.16 Å². The predicted molar refractivity (Wildman–Crippen MR) is 65.4 cm³/mol. The Labute approximate surface area is 103 Å². The van der Waals surface area contributed by atoms with Crippen LogP contribution in [0.1, 0.15) is 41.0 Å². The number of ether oxygens (including phenoxy) is 2. The third kappa shape index (κ3) is 11.1. The fourth-order valence-corrected chi connectivity index (χ4v) is 1.04. The van der Waals surface area contributed by atoms with Crippen LogP contribution >= 0.6 is 0 Å². The number of carbonyl (C=O) groups excluding carboxylic acids is 1. The molecule has 0 bridgehead atoms. The Morgan fingerprint density at radius 1 is 1.35 bits per heavy atom. The Hall–Kier alpha value is -1.21. The summed E-state index contributed by atoms with van der Waals surface area (Å²) in [6, 6.07) is 0. The summed E-state index contributed by atoms with van der Waals surface area (Å²) in [6.45, 7) is 9.21. The van der Waals surface area contributed by atoms with Gasteiger partial charge in [0, 0.05) is 0 Å². The van der Waals surface area contributed by atoms with Gasteiger partial charge in [-0.15, -0.1) is 0 Å². The SMILES string of the molecule is CC(C)C[C@H](O)C#CCOC(=O)OC(C)(C)C. The number of hydrogen-bond donors (Lipinski definition) is 1. The van der Waals surface area contributed by atoms with Crippen LogP contribution < -0.4 is 0 Å². The summed E-state index contributed by atoms with van der Waals surface area (Å²) in [6.07, 6.45) is -0.804. The van der Waals surface area contributed by atoms with Crippen molar-refractivity contribution < 1.29 is 19.4 Å². The van der Waals surface area contributed by atoms with E-state index < -0.39 is 17.9 Å². The first-order valence-corrected chi connectivity index (χ1v) is 5.73. The van der Waals surface area contributed by atoms with Crippen molar-refractivity contribution in [2.24, 2.45) is 5.92 Å². The molecular weight excluding hydrogens is 220 g/mol. The van der Waals surface area contributed by atoms with Crippen molar-refractivity contribution in [3.05, 3.63) is 0 Å². The first kappa shape index (κ1) is 15.8. The molecule has 0 radical (unpaired) electrons. The normalized spacial score (nSPS) is 12.6. The molecule has 0 spiro atoms. The standard InChI is InChI=1S/C13H22O4/c1-10(2)9-11(14)7-6-8-16-12(15)17-13(3,4)5/h10-11,14H,8-9H2,1-5H3/t11-/m1/s1. The van der Waals surface area contributed by atoms with Gasteiger partial charge in [-0.3, -0.25) is 0 Å². The highest BCUT2D eigenvalue weighted by Gasteiger charge is 2.16. The molecule has 0 unspecified atom stereocenters. The van der Waals surface area contributed by atoms with E-state index in [-0.39, 0.29) is 6.61 Å². The number of aliphatic hydroxyl groups is 1. The van der Waals surface area contributed by atoms with E-state index in [9.17, 15) is 9.90 Å². The molecule has 17 heavy (non-hydrogen) atoms. The van der Waals surface area contributed by atoms with Crippen LogP contribution in [0, 0.1) is 17.8 Å². The highest BCUT2D eigenvalue weighted by atomic mass is 16.7. The Morgan fingerprint density at radius 2 is 1.94 bits per heavy atom. The molecule has 0 aliphatic rings. The van der Waals surface area contributed by atoms with Crippen molar-refractivity contribution in [3.8, 4) is 11.8 Å². The van der Waals surface area contributed by atoms with Gasteiger partial charge < -0.3 is 14.6 Å². The Morgan fingerprint density at radius 3 is 2.41 bits per heavy atom. The average molecular weight is 242 g/mol. The second kappa shape index (κ2) is 7.18. The van der Waals surface area contributed by atoms with Crippen LogP contribution in [-0.4, -0.2) is 29.6 Å². The van der Waals surface area contributed by atoms with E-state index in [2.05, 4.69) is 11.8 Å². The first-order chi connectivity index (χ1) is 7.70. The van der Waals surface area contributed by atoms with E-state index in [0.717, 1.165) is 0 Å². The second-order valence-electron chi connectivity index (χ2n) is 5.22. The summed E-state index contributed by atoms with van der Waals surface area (Å²) in [5.41, 5.74) is -0.568. The lowest BCUT2D eigenvalue weighted by Gasteiger charge is -2.18. The number of rotatable bonds is 3. The summed E-state index contributed by atoms with van der Waals surface area (Å²) in [7, 11) is 0. The zero-order chi connectivity index (χ0) is 13.5. The van der Waals surface area contributed by atoms with Crippen molar-refractivity contribution in [1.82, 2.24) is 0 Å². The van der Waals surface area contributed by atoms with Gasteiger partial charge in [-0.1, -0.05) is 25.7 Å². The fraction of sp³-hybridized carbons (Fsp3) is 0.769. The van der Waals surface area contributed by atoms with Gasteiger partial charge in [0.15, 0.2) is 6.61 Å². The van der Waals surface area contributed by atoms with Gasteiger partial charge in [0.25, 0.3) is 0 Å². The van der Waals surface area contributed by atoms with Crippen molar-refractivity contribution in [1.29, 1.82) is 0 Å². The van der Waals surface area contributed by atoms with E-state index in [1.807, 2.05) is 13.8 Å². The molecule has 98 valence electrons. The molecule has 0 aliphatic heterocycles. The maximum absolute atomic E-state index is 11.1. The smallest absolute Gasteiger partial charge is 0.429 e. The fourth-order valence-electron chi connectivity index (χ4n) is 1.04. The van der Waals surface area contributed by atoms with E-state index in [1.165, 1.54) is 0 Å². The summed E-state index contributed by atoms with van der Waals surface area (Å²) < 4.78 is 9.65. The highest BCUT2D eigenvalue weighted by molar-refractivity contribution is 5.60. The molecule has 0 fully saturated rings.